The molecule has 2 atom stereocenters. The van der Waals surface area contributed by atoms with Crippen LogP contribution in [-0.2, 0) is 4.79 Å². The maximum absolute atomic E-state index is 11.9. The average molecular weight is 228 g/mol. The molecule has 0 spiro atoms. The molecule has 0 saturated heterocycles. The third kappa shape index (κ3) is 5.50. The number of hydrogen-bond acceptors (Lipinski definition) is 2. The standard InChI is InChI=1S/C13H28N2O/c1-5-11(3)15(4)13(16)8-7-12(6-2)9-10-14/h11-12H,5-10,14H2,1-4H3. The van der Waals surface area contributed by atoms with Crippen molar-refractivity contribution >= 4 is 5.91 Å². The highest BCUT2D eigenvalue weighted by Gasteiger charge is 2.15. The molecule has 0 aliphatic carbocycles. The van der Waals surface area contributed by atoms with Crippen molar-refractivity contribution in [1.82, 2.24) is 4.90 Å². The van der Waals surface area contributed by atoms with Gasteiger partial charge in [0.2, 0.25) is 5.91 Å². The Hall–Kier alpha value is -0.570. The highest BCUT2D eigenvalue weighted by atomic mass is 16.2. The lowest BCUT2D eigenvalue weighted by molar-refractivity contribution is -0.132. The summed E-state index contributed by atoms with van der Waals surface area (Å²) < 4.78 is 0. The summed E-state index contributed by atoms with van der Waals surface area (Å²) in [6.07, 6.45) is 4.82. The number of amides is 1. The molecular formula is C13H28N2O. The highest BCUT2D eigenvalue weighted by Crippen LogP contribution is 2.16. The van der Waals surface area contributed by atoms with Gasteiger partial charge in [-0.15, -0.1) is 0 Å². The van der Waals surface area contributed by atoms with Gasteiger partial charge < -0.3 is 10.6 Å². The lowest BCUT2D eigenvalue weighted by Crippen LogP contribution is -2.34. The van der Waals surface area contributed by atoms with E-state index in [1.54, 1.807) is 0 Å². The van der Waals surface area contributed by atoms with Crippen molar-refractivity contribution in [2.24, 2.45) is 11.7 Å². The molecule has 0 radical (unpaired) electrons. The molecule has 0 aromatic heterocycles. The first-order valence-corrected chi connectivity index (χ1v) is 6.52. The van der Waals surface area contributed by atoms with Crippen molar-refractivity contribution in [2.75, 3.05) is 13.6 Å². The number of carbonyl (C=O) groups excluding carboxylic acids is 1. The zero-order chi connectivity index (χ0) is 12.6. The summed E-state index contributed by atoms with van der Waals surface area (Å²) in [5, 5.41) is 0. The average Bonchev–Trinajstić information content (AvgIpc) is 2.31. The molecule has 1 amide bonds. The van der Waals surface area contributed by atoms with Gasteiger partial charge in [0.25, 0.3) is 0 Å². The molecular weight excluding hydrogens is 200 g/mol. The molecule has 16 heavy (non-hydrogen) atoms. The lowest BCUT2D eigenvalue weighted by atomic mass is 9.96. The van der Waals surface area contributed by atoms with Crippen molar-refractivity contribution in [3.8, 4) is 0 Å². The largest absolute Gasteiger partial charge is 0.343 e. The molecule has 3 heteroatoms. The van der Waals surface area contributed by atoms with Crippen LogP contribution in [0.15, 0.2) is 0 Å². The Morgan fingerprint density at radius 1 is 1.25 bits per heavy atom. The van der Waals surface area contributed by atoms with Crippen molar-refractivity contribution in [3.05, 3.63) is 0 Å². The Morgan fingerprint density at radius 3 is 2.31 bits per heavy atom. The van der Waals surface area contributed by atoms with Crippen LogP contribution in [0.25, 0.3) is 0 Å². The Kier molecular flexibility index (Phi) is 8.26. The maximum Gasteiger partial charge on any atom is 0.222 e. The SMILES string of the molecule is CCC(CCN)CCC(=O)N(C)C(C)CC. The minimum absolute atomic E-state index is 0.268. The van der Waals surface area contributed by atoms with Gasteiger partial charge in [-0.2, -0.15) is 0 Å². The zero-order valence-corrected chi connectivity index (χ0v) is 11.3. The van der Waals surface area contributed by atoms with E-state index in [1.165, 1.54) is 0 Å². The van der Waals surface area contributed by atoms with Crippen LogP contribution in [0, 0.1) is 5.92 Å². The maximum atomic E-state index is 11.9. The summed E-state index contributed by atoms with van der Waals surface area (Å²) in [4.78, 5) is 13.7. The van der Waals surface area contributed by atoms with Crippen molar-refractivity contribution < 1.29 is 4.79 Å². The predicted molar refractivity (Wildman–Crippen MR) is 69.2 cm³/mol. The quantitative estimate of drug-likeness (QED) is 0.693. The molecule has 2 N–H and O–H groups in total. The second-order valence-corrected chi connectivity index (χ2v) is 4.65. The fraction of sp³-hybridized carbons (Fsp3) is 0.923. The van der Waals surface area contributed by atoms with E-state index in [0.29, 0.717) is 18.4 Å². The molecule has 0 saturated carbocycles. The van der Waals surface area contributed by atoms with E-state index in [1.807, 2.05) is 11.9 Å². The van der Waals surface area contributed by atoms with Gasteiger partial charge in [0, 0.05) is 19.5 Å². The highest BCUT2D eigenvalue weighted by molar-refractivity contribution is 5.76. The first-order chi connectivity index (χ1) is 7.56. The van der Waals surface area contributed by atoms with Gasteiger partial charge in [0.05, 0.1) is 0 Å². The van der Waals surface area contributed by atoms with E-state index < -0.39 is 0 Å². The Morgan fingerprint density at radius 2 is 1.88 bits per heavy atom. The van der Waals surface area contributed by atoms with Crippen molar-refractivity contribution in [1.29, 1.82) is 0 Å². The summed E-state index contributed by atoms with van der Waals surface area (Å²) in [5.41, 5.74) is 5.55. The van der Waals surface area contributed by atoms with Gasteiger partial charge in [-0.3, -0.25) is 4.79 Å². The molecule has 0 aliphatic rings. The van der Waals surface area contributed by atoms with Crippen LogP contribution in [0.4, 0.5) is 0 Å². The molecule has 0 aromatic carbocycles. The predicted octanol–water partition coefficient (Wildman–Crippen LogP) is 2.40. The minimum atomic E-state index is 0.268. The van der Waals surface area contributed by atoms with Gasteiger partial charge in [0.1, 0.15) is 0 Å². The van der Waals surface area contributed by atoms with Crippen LogP contribution in [0.5, 0.6) is 0 Å². The molecule has 0 heterocycles. The van der Waals surface area contributed by atoms with E-state index >= 15 is 0 Å². The van der Waals surface area contributed by atoms with Gasteiger partial charge >= 0.3 is 0 Å². The fourth-order valence-electron chi connectivity index (χ4n) is 1.81. The van der Waals surface area contributed by atoms with Crippen molar-refractivity contribution in [3.63, 3.8) is 0 Å². The van der Waals surface area contributed by atoms with Gasteiger partial charge in [0.15, 0.2) is 0 Å². The van der Waals surface area contributed by atoms with Crippen LogP contribution in [0.2, 0.25) is 0 Å². The topological polar surface area (TPSA) is 46.3 Å². The third-order valence-electron chi connectivity index (χ3n) is 3.56. The molecule has 0 fully saturated rings. The molecule has 0 aliphatic heterocycles. The minimum Gasteiger partial charge on any atom is -0.343 e. The first kappa shape index (κ1) is 15.4. The van der Waals surface area contributed by atoms with Crippen LogP contribution in [0.1, 0.15) is 52.9 Å². The number of nitrogens with two attached hydrogens (primary N) is 1. The summed E-state index contributed by atoms with van der Waals surface area (Å²) in [6, 6.07) is 0.349. The Labute approximate surface area is 100 Å². The molecule has 2 unspecified atom stereocenters. The van der Waals surface area contributed by atoms with Crippen LogP contribution >= 0.6 is 0 Å². The molecule has 0 aromatic rings. The summed E-state index contributed by atoms with van der Waals surface area (Å²) in [6.45, 7) is 7.10. The van der Waals surface area contributed by atoms with Crippen LogP contribution in [-0.4, -0.2) is 30.4 Å². The van der Waals surface area contributed by atoms with Crippen molar-refractivity contribution in [2.45, 2.75) is 58.9 Å². The summed E-state index contributed by atoms with van der Waals surface area (Å²) in [7, 11) is 1.90. The Balaban J connectivity index is 3.95. The molecule has 0 bridgehead atoms. The number of carbonyl (C=O) groups is 1. The Bertz CT molecular complexity index is 194. The monoisotopic (exact) mass is 228 g/mol. The number of nitrogens with zero attached hydrogens (tertiary/aromatic N) is 1. The molecule has 96 valence electrons. The van der Waals surface area contributed by atoms with Gasteiger partial charge in [-0.05, 0) is 38.6 Å². The second-order valence-electron chi connectivity index (χ2n) is 4.65. The van der Waals surface area contributed by atoms with E-state index in [-0.39, 0.29) is 5.91 Å². The second kappa shape index (κ2) is 8.57. The molecule has 3 nitrogen and oxygen atoms in total. The number of rotatable bonds is 8. The molecule has 0 rings (SSSR count). The summed E-state index contributed by atoms with van der Waals surface area (Å²) >= 11 is 0. The van der Waals surface area contributed by atoms with Gasteiger partial charge in [-0.1, -0.05) is 20.3 Å². The summed E-state index contributed by atoms with van der Waals surface area (Å²) in [5.74, 6) is 0.879. The van der Waals surface area contributed by atoms with Crippen LogP contribution in [0.3, 0.4) is 0 Å². The normalized spacial score (nSPS) is 14.6. The smallest absolute Gasteiger partial charge is 0.222 e. The van der Waals surface area contributed by atoms with E-state index in [2.05, 4.69) is 20.8 Å². The fourth-order valence-corrected chi connectivity index (χ4v) is 1.81. The van der Waals surface area contributed by atoms with E-state index in [0.717, 1.165) is 32.2 Å². The third-order valence-corrected chi connectivity index (χ3v) is 3.56. The number of hydrogen-bond donors (Lipinski definition) is 1. The lowest BCUT2D eigenvalue weighted by Gasteiger charge is -2.24. The van der Waals surface area contributed by atoms with E-state index in [4.69, 9.17) is 5.73 Å². The van der Waals surface area contributed by atoms with Gasteiger partial charge in [-0.25, -0.2) is 0 Å². The van der Waals surface area contributed by atoms with Crippen LogP contribution < -0.4 is 5.73 Å². The van der Waals surface area contributed by atoms with E-state index in [9.17, 15) is 4.79 Å². The zero-order valence-electron chi connectivity index (χ0n) is 11.3. The first-order valence-electron chi connectivity index (χ1n) is 6.52.